The first-order valence-corrected chi connectivity index (χ1v) is 12.3. The fourth-order valence-electron chi connectivity index (χ4n) is 4.64. The van der Waals surface area contributed by atoms with E-state index in [0.717, 1.165) is 36.8 Å². The van der Waals surface area contributed by atoms with Crippen LogP contribution in [0.5, 0.6) is 5.75 Å². The standard InChI is InChI=1S/C24H28N2O5S/c1-15-8-9-16(2)20(12-15)25-32(29,30)22-13-17(10-11-21(22)31-3)14-26-23(27)18-6-4-5-7-19(18)24(26)28/h8-13,18-19,25H,4-7,14H2,1-3H3/t18-,19-/m0/s1. The summed E-state index contributed by atoms with van der Waals surface area (Å²) in [6.45, 7) is 3.77. The van der Waals surface area contributed by atoms with Crippen LogP contribution in [-0.2, 0) is 26.2 Å². The van der Waals surface area contributed by atoms with E-state index >= 15 is 0 Å². The van der Waals surface area contributed by atoms with Gasteiger partial charge in [0.15, 0.2) is 0 Å². The molecule has 1 aliphatic carbocycles. The van der Waals surface area contributed by atoms with Crippen LogP contribution in [0.25, 0.3) is 0 Å². The lowest BCUT2D eigenvalue weighted by Crippen LogP contribution is -2.30. The van der Waals surface area contributed by atoms with Crippen LogP contribution in [0.15, 0.2) is 41.3 Å². The summed E-state index contributed by atoms with van der Waals surface area (Å²) >= 11 is 0. The van der Waals surface area contributed by atoms with Crippen molar-refractivity contribution in [2.45, 2.75) is 51.0 Å². The SMILES string of the molecule is COc1ccc(CN2C(=O)[C@H]3CCCC[C@@H]3C2=O)cc1S(=O)(=O)Nc1cc(C)ccc1C. The highest BCUT2D eigenvalue weighted by molar-refractivity contribution is 7.92. The highest BCUT2D eigenvalue weighted by Gasteiger charge is 2.47. The van der Waals surface area contributed by atoms with Gasteiger partial charge in [0.25, 0.3) is 10.0 Å². The Balaban J connectivity index is 1.63. The minimum Gasteiger partial charge on any atom is -0.495 e. The van der Waals surface area contributed by atoms with Gasteiger partial charge in [-0.15, -0.1) is 0 Å². The number of aryl methyl sites for hydroxylation is 2. The molecule has 2 aromatic carbocycles. The van der Waals surface area contributed by atoms with Gasteiger partial charge in [-0.25, -0.2) is 8.42 Å². The Morgan fingerprint density at radius 3 is 2.28 bits per heavy atom. The average Bonchev–Trinajstić information content (AvgIpc) is 3.01. The molecule has 2 amide bonds. The average molecular weight is 457 g/mol. The van der Waals surface area contributed by atoms with E-state index in [1.807, 2.05) is 26.0 Å². The van der Waals surface area contributed by atoms with Gasteiger partial charge in [0.2, 0.25) is 11.8 Å². The topological polar surface area (TPSA) is 92.8 Å². The molecule has 7 nitrogen and oxygen atoms in total. The van der Waals surface area contributed by atoms with Crippen molar-refractivity contribution < 1.29 is 22.7 Å². The van der Waals surface area contributed by atoms with Gasteiger partial charge in [-0.3, -0.25) is 19.2 Å². The number of methoxy groups -OCH3 is 1. The molecular formula is C24H28N2O5S. The van der Waals surface area contributed by atoms with Crippen LogP contribution in [0.4, 0.5) is 5.69 Å². The predicted molar refractivity (Wildman–Crippen MR) is 121 cm³/mol. The summed E-state index contributed by atoms with van der Waals surface area (Å²) in [5, 5.41) is 0. The number of sulfonamides is 1. The zero-order chi connectivity index (χ0) is 23.0. The van der Waals surface area contributed by atoms with E-state index in [1.54, 1.807) is 18.2 Å². The number of fused-ring (bicyclic) bond motifs is 1. The quantitative estimate of drug-likeness (QED) is 0.668. The minimum atomic E-state index is -3.96. The maximum atomic E-state index is 13.2. The molecule has 0 radical (unpaired) electrons. The molecule has 2 aliphatic rings. The number of benzene rings is 2. The molecule has 1 aliphatic heterocycles. The molecule has 0 unspecified atom stereocenters. The molecule has 170 valence electrons. The second-order valence-corrected chi connectivity index (χ2v) is 10.3. The molecule has 4 rings (SSSR count). The second kappa shape index (κ2) is 8.58. The lowest BCUT2D eigenvalue weighted by molar-refractivity contribution is -0.140. The molecule has 8 heteroatoms. The fourth-order valence-corrected chi connectivity index (χ4v) is 5.99. The van der Waals surface area contributed by atoms with Crippen molar-refractivity contribution in [1.82, 2.24) is 4.90 Å². The highest BCUT2D eigenvalue weighted by Crippen LogP contribution is 2.39. The van der Waals surface area contributed by atoms with E-state index in [0.29, 0.717) is 11.3 Å². The van der Waals surface area contributed by atoms with Crippen molar-refractivity contribution in [3.63, 3.8) is 0 Å². The Kier molecular flexibility index (Phi) is 5.99. The Hall–Kier alpha value is -2.87. The van der Waals surface area contributed by atoms with Gasteiger partial charge >= 0.3 is 0 Å². The number of carbonyl (C=O) groups excluding carboxylic acids is 2. The summed E-state index contributed by atoms with van der Waals surface area (Å²) in [4.78, 5) is 26.9. The summed E-state index contributed by atoms with van der Waals surface area (Å²) in [7, 11) is -2.56. The molecule has 2 atom stereocenters. The third kappa shape index (κ3) is 4.11. The first-order valence-electron chi connectivity index (χ1n) is 10.8. The van der Waals surface area contributed by atoms with Gasteiger partial charge in [-0.05, 0) is 61.6 Å². The predicted octanol–water partition coefficient (Wildman–Crippen LogP) is 3.79. The Morgan fingerprint density at radius 1 is 1.00 bits per heavy atom. The first-order chi connectivity index (χ1) is 15.2. The molecule has 0 bridgehead atoms. The maximum absolute atomic E-state index is 13.2. The second-order valence-electron chi connectivity index (χ2n) is 8.67. The molecule has 1 saturated heterocycles. The van der Waals surface area contributed by atoms with E-state index in [4.69, 9.17) is 4.74 Å². The van der Waals surface area contributed by atoms with Crippen molar-refractivity contribution in [2.24, 2.45) is 11.8 Å². The monoisotopic (exact) mass is 456 g/mol. The zero-order valence-corrected chi connectivity index (χ0v) is 19.4. The molecule has 0 spiro atoms. The first kappa shape index (κ1) is 22.3. The van der Waals surface area contributed by atoms with Crippen LogP contribution < -0.4 is 9.46 Å². The van der Waals surface area contributed by atoms with Gasteiger partial charge in [-0.2, -0.15) is 0 Å². The third-order valence-electron chi connectivity index (χ3n) is 6.43. The number of hydrogen-bond acceptors (Lipinski definition) is 5. The molecule has 1 heterocycles. The van der Waals surface area contributed by atoms with Crippen molar-refractivity contribution >= 4 is 27.5 Å². The number of hydrogen-bond donors (Lipinski definition) is 1. The van der Waals surface area contributed by atoms with Gasteiger partial charge in [0.05, 0.1) is 31.2 Å². The lowest BCUT2D eigenvalue weighted by atomic mass is 9.81. The van der Waals surface area contributed by atoms with Crippen LogP contribution >= 0.6 is 0 Å². The highest BCUT2D eigenvalue weighted by atomic mass is 32.2. The number of anilines is 1. The Bertz CT molecular complexity index is 1150. The molecule has 0 aromatic heterocycles. The molecule has 1 N–H and O–H groups in total. The van der Waals surface area contributed by atoms with Crippen LogP contribution in [0.1, 0.15) is 42.4 Å². The number of ether oxygens (including phenoxy) is 1. The normalized spacial score (nSPS) is 20.9. The summed E-state index contributed by atoms with van der Waals surface area (Å²) in [5.74, 6) is -0.562. The van der Waals surface area contributed by atoms with Crippen LogP contribution in [0, 0.1) is 25.7 Å². The van der Waals surface area contributed by atoms with Crippen molar-refractivity contribution in [2.75, 3.05) is 11.8 Å². The maximum Gasteiger partial charge on any atom is 0.265 e. The molecule has 2 aromatic rings. The number of nitrogens with zero attached hydrogens (tertiary/aromatic N) is 1. The van der Waals surface area contributed by atoms with Crippen LogP contribution in [0.2, 0.25) is 0 Å². The summed E-state index contributed by atoms with van der Waals surface area (Å²) in [6, 6.07) is 10.3. The number of carbonyl (C=O) groups is 2. The van der Waals surface area contributed by atoms with Crippen molar-refractivity contribution in [1.29, 1.82) is 0 Å². The zero-order valence-electron chi connectivity index (χ0n) is 18.6. The summed E-state index contributed by atoms with van der Waals surface area (Å²) in [6.07, 6.45) is 3.41. The molecule has 2 fully saturated rings. The van der Waals surface area contributed by atoms with E-state index in [-0.39, 0.29) is 40.8 Å². The van der Waals surface area contributed by atoms with E-state index in [9.17, 15) is 18.0 Å². The van der Waals surface area contributed by atoms with Gasteiger partial charge in [0.1, 0.15) is 10.6 Å². The summed E-state index contributed by atoms with van der Waals surface area (Å²) in [5.41, 5.74) is 2.78. The smallest absolute Gasteiger partial charge is 0.265 e. The number of amides is 2. The van der Waals surface area contributed by atoms with Crippen molar-refractivity contribution in [3.8, 4) is 5.75 Å². The Labute approximate surface area is 188 Å². The number of rotatable bonds is 6. The van der Waals surface area contributed by atoms with Crippen molar-refractivity contribution in [3.05, 3.63) is 53.1 Å². The molecule has 1 saturated carbocycles. The lowest BCUT2D eigenvalue weighted by Gasteiger charge is -2.19. The number of imide groups is 1. The van der Waals surface area contributed by atoms with Crippen LogP contribution in [0.3, 0.4) is 0 Å². The third-order valence-corrected chi connectivity index (χ3v) is 7.81. The molecular weight excluding hydrogens is 428 g/mol. The minimum absolute atomic E-state index is 0.0325. The molecule has 32 heavy (non-hydrogen) atoms. The Morgan fingerprint density at radius 2 is 1.66 bits per heavy atom. The van der Waals surface area contributed by atoms with E-state index in [2.05, 4.69) is 4.72 Å². The van der Waals surface area contributed by atoms with Gasteiger partial charge < -0.3 is 4.74 Å². The summed E-state index contributed by atoms with van der Waals surface area (Å²) < 4.78 is 34.4. The van der Waals surface area contributed by atoms with E-state index in [1.165, 1.54) is 18.1 Å². The number of nitrogens with one attached hydrogen (secondary N) is 1. The number of likely N-dealkylation sites (tertiary alicyclic amines) is 1. The fraction of sp³-hybridized carbons (Fsp3) is 0.417. The van der Waals surface area contributed by atoms with Crippen LogP contribution in [-0.4, -0.2) is 32.2 Å². The van der Waals surface area contributed by atoms with Gasteiger partial charge in [0, 0.05) is 0 Å². The van der Waals surface area contributed by atoms with Gasteiger partial charge in [-0.1, -0.05) is 31.0 Å². The van der Waals surface area contributed by atoms with E-state index < -0.39 is 10.0 Å². The largest absolute Gasteiger partial charge is 0.495 e.